The third-order valence-electron chi connectivity index (χ3n) is 3.08. The monoisotopic (exact) mass is 328 g/mol. The molecule has 2 amide bonds. The van der Waals surface area contributed by atoms with Gasteiger partial charge in [0, 0.05) is 11.6 Å². The summed E-state index contributed by atoms with van der Waals surface area (Å²) in [6, 6.07) is 1.09. The Kier molecular flexibility index (Phi) is 6.62. The summed E-state index contributed by atoms with van der Waals surface area (Å²) in [5.74, 6) is -4.78. The zero-order valence-electron chi connectivity index (χ0n) is 12.8. The summed E-state index contributed by atoms with van der Waals surface area (Å²) in [6.07, 6.45) is -0.140. The summed E-state index contributed by atoms with van der Waals surface area (Å²) in [5.41, 5.74) is 4.93. The van der Waals surface area contributed by atoms with Crippen LogP contribution in [0.1, 0.15) is 30.6 Å². The molecular formula is C15H18F2N2O4. The van der Waals surface area contributed by atoms with Gasteiger partial charge in [-0.1, -0.05) is 6.92 Å². The zero-order chi connectivity index (χ0) is 17.6. The van der Waals surface area contributed by atoms with Crippen molar-refractivity contribution in [1.29, 1.82) is 0 Å². The molecule has 0 fully saturated rings. The summed E-state index contributed by atoms with van der Waals surface area (Å²) in [4.78, 5) is 34.9. The van der Waals surface area contributed by atoms with Gasteiger partial charge in [0.25, 0.3) is 5.91 Å². The lowest BCUT2D eigenvalue weighted by molar-refractivity contribution is -0.144. The molecule has 0 spiro atoms. The van der Waals surface area contributed by atoms with Gasteiger partial charge in [-0.3, -0.25) is 14.4 Å². The van der Waals surface area contributed by atoms with Crippen molar-refractivity contribution in [2.45, 2.75) is 26.3 Å². The standard InChI is InChI=1S/C15H18F2N2O4/c1-3-23-12(20)4-8(2)13(14(18)21)19-15(22)9-5-10(16)7-11(17)6-9/h5-8,13H,3-4H2,1-2H3,(H2,18,21)(H,19,22)/t8-,13-/m0/s1. The maximum Gasteiger partial charge on any atom is 0.306 e. The zero-order valence-corrected chi connectivity index (χ0v) is 12.8. The number of nitrogens with one attached hydrogen (secondary N) is 1. The van der Waals surface area contributed by atoms with Crippen LogP contribution in [-0.4, -0.2) is 30.4 Å². The summed E-state index contributed by atoms with van der Waals surface area (Å²) in [7, 11) is 0. The molecule has 1 rings (SSSR count). The fourth-order valence-electron chi connectivity index (χ4n) is 2.00. The number of carbonyl (C=O) groups excluding carboxylic acids is 3. The Morgan fingerprint density at radius 2 is 1.78 bits per heavy atom. The summed E-state index contributed by atoms with van der Waals surface area (Å²) in [6.45, 7) is 3.34. The molecule has 0 heterocycles. The van der Waals surface area contributed by atoms with Crippen LogP contribution in [-0.2, 0) is 14.3 Å². The van der Waals surface area contributed by atoms with Crippen LogP contribution in [0.25, 0.3) is 0 Å². The van der Waals surface area contributed by atoms with Crippen molar-refractivity contribution in [2.75, 3.05) is 6.61 Å². The second-order valence-electron chi connectivity index (χ2n) is 5.00. The number of rotatable bonds is 7. The summed E-state index contributed by atoms with van der Waals surface area (Å²) >= 11 is 0. The first-order valence-electron chi connectivity index (χ1n) is 6.96. The Morgan fingerprint density at radius 3 is 2.26 bits per heavy atom. The van der Waals surface area contributed by atoms with E-state index in [0.717, 1.165) is 12.1 Å². The van der Waals surface area contributed by atoms with Crippen molar-refractivity contribution in [2.24, 2.45) is 11.7 Å². The van der Waals surface area contributed by atoms with Crippen molar-refractivity contribution in [3.05, 3.63) is 35.4 Å². The van der Waals surface area contributed by atoms with Gasteiger partial charge in [0.2, 0.25) is 5.91 Å². The number of nitrogens with two attached hydrogens (primary N) is 1. The van der Waals surface area contributed by atoms with Gasteiger partial charge in [-0.25, -0.2) is 8.78 Å². The molecule has 0 saturated carbocycles. The fourth-order valence-corrected chi connectivity index (χ4v) is 2.00. The Labute approximate surface area is 132 Å². The molecule has 1 aromatic rings. The van der Waals surface area contributed by atoms with E-state index in [0.29, 0.717) is 6.07 Å². The molecule has 0 aliphatic carbocycles. The lowest BCUT2D eigenvalue weighted by Gasteiger charge is -2.21. The number of esters is 1. The number of halogens is 2. The molecule has 3 N–H and O–H groups in total. The normalized spacial score (nSPS) is 13.0. The molecular weight excluding hydrogens is 310 g/mol. The van der Waals surface area contributed by atoms with Crippen LogP contribution < -0.4 is 11.1 Å². The highest BCUT2D eigenvalue weighted by Gasteiger charge is 2.27. The van der Waals surface area contributed by atoms with Crippen molar-refractivity contribution in [3.8, 4) is 0 Å². The van der Waals surface area contributed by atoms with E-state index in [1.807, 2.05) is 0 Å². The van der Waals surface area contributed by atoms with Gasteiger partial charge in [0.1, 0.15) is 17.7 Å². The molecule has 0 unspecified atom stereocenters. The highest BCUT2D eigenvalue weighted by Crippen LogP contribution is 2.12. The Morgan fingerprint density at radius 1 is 1.22 bits per heavy atom. The first-order chi connectivity index (χ1) is 10.7. The van der Waals surface area contributed by atoms with Crippen molar-refractivity contribution in [3.63, 3.8) is 0 Å². The van der Waals surface area contributed by atoms with Crippen LogP contribution in [0.2, 0.25) is 0 Å². The predicted molar refractivity (Wildman–Crippen MR) is 77.2 cm³/mol. The average molecular weight is 328 g/mol. The summed E-state index contributed by atoms with van der Waals surface area (Å²) < 4.78 is 31.0. The molecule has 0 aliphatic heterocycles. The highest BCUT2D eigenvalue weighted by atomic mass is 19.1. The third-order valence-corrected chi connectivity index (χ3v) is 3.08. The minimum Gasteiger partial charge on any atom is -0.466 e. The SMILES string of the molecule is CCOC(=O)C[C@H](C)[C@H](NC(=O)c1cc(F)cc(F)c1)C(N)=O. The predicted octanol–water partition coefficient (Wildman–Crippen LogP) is 1.14. The van der Waals surface area contributed by atoms with Crippen LogP contribution in [0.15, 0.2) is 18.2 Å². The minimum atomic E-state index is -1.18. The van der Waals surface area contributed by atoms with Gasteiger partial charge in [-0.2, -0.15) is 0 Å². The van der Waals surface area contributed by atoms with E-state index in [1.165, 1.54) is 6.92 Å². The molecule has 1 aromatic carbocycles. The highest BCUT2D eigenvalue weighted by molar-refractivity contribution is 5.97. The molecule has 0 bridgehead atoms. The van der Waals surface area contributed by atoms with Crippen molar-refractivity contribution >= 4 is 17.8 Å². The second-order valence-corrected chi connectivity index (χ2v) is 5.00. The van der Waals surface area contributed by atoms with Gasteiger partial charge in [-0.15, -0.1) is 0 Å². The van der Waals surface area contributed by atoms with Crippen LogP contribution in [0.4, 0.5) is 8.78 Å². The van der Waals surface area contributed by atoms with Gasteiger partial charge in [0.05, 0.1) is 13.0 Å². The Balaban J connectivity index is 2.84. The largest absolute Gasteiger partial charge is 0.466 e. The van der Waals surface area contributed by atoms with E-state index in [4.69, 9.17) is 10.5 Å². The smallest absolute Gasteiger partial charge is 0.306 e. The quantitative estimate of drug-likeness (QED) is 0.733. The average Bonchev–Trinajstić information content (AvgIpc) is 2.42. The third kappa shape index (κ3) is 5.65. The van der Waals surface area contributed by atoms with E-state index < -0.39 is 41.4 Å². The fraction of sp³-hybridized carbons (Fsp3) is 0.400. The van der Waals surface area contributed by atoms with Crippen molar-refractivity contribution in [1.82, 2.24) is 5.32 Å². The number of primary amides is 1. The lowest BCUT2D eigenvalue weighted by atomic mass is 9.97. The number of amides is 2. The first kappa shape index (κ1) is 18.5. The molecule has 6 nitrogen and oxygen atoms in total. The van der Waals surface area contributed by atoms with E-state index in [2.05, 4.69) is 5.32 Å². The molecule has 2 atom stereocenters. The van der Waals surface area contributed by atoms with Gasteiger partial charge in [-0.05, 0) is 25.0 Å². The van der Waals surface area contributed by atoms with Crippen LogP contribution in [0, 0.1) is 17.6 Å². The maximum atomic E-state index is 13.1. The van der Waals surface area contributed by atoms with E-state index in [-0.39, 0.29) is 18.6 Å². The molecule has 0 radical (unpaired) electrons. The number of benzene rings is 1. The molecule has 126 valence electrons. The Hall–Kier alpha value is -2.51. The lowest BCUT2D eigenvalue weighted by Crippen LogP contribution is -2.49. The molecule has 8 heteroatoms. The van der Waals surface area contributed by atoms with E-state index in [9.17, 15) is 23.2 Å². The first-order valence-corrected chi connectivity index (χ1v) is 6.96. The van der Waals surface area contributed by atoms with Gasteiger partial charge >= 0.3 is 5.97 Å². The van der Waals surface area contributed by atoms with Crippen LogP contribution in [0.3, 0.4) is 0 Å². The topological polar surface area (TPSA) is 98.5 Å². The molecule has 0 saturated heterocycles. The number of hydrogen-bond acceptors (Lipinski definition) is 4. The van der Waals surface area contributed by atoms with Crippen LogP contribution >= 0.6 is 0 Å². The van der Waals surface area contributed by atoms with Crippen molar-refractivity contribution < 1.29 is 27.9 Å². The second kappa shape index (κ2) is 8.21. The number of hydrogen-bond donors (Lipinski definition) is 2. The number of carbonyl (C=O) groups is 3. The molecule has 23 heavy (non-hydrogen) atoms. The maximum absolute atomic E-state index is 13.1. The van der Waals surface area contributed by atoms with Crippen LogP contribution in [0.5, 0.6) is 0 Å². The van der Waals surface area contributed by atoms with Gasteiger partial charge in [0.15, 0.2) is 0 Å². The minimum absolute atomic E-state index is 0.140. The summed E-state index contributed by atoms with van der Waals surface area (Å²) in [5, 5.41) is 2.28. The van der Waals surface area contributed by atoms with Gasteiger partial charge < -0.3 is 15.8 Å². The molecule has 0 aromatic heterocycles. The Bertz CT molecular complexity index is 587. The van der Waals surface area contributed by atoms with E-state index in [1.54, 1.807) is 6.92 Å². The molecule has 0 aliphatic rings. The number of ether oxygens (including phenoxy) is 1. The van der Waals surface area contributed by atoms with E-state index >= 15 is 0 Å².